The molecule has 0 atom stereocenters. The van der Waals surface area contributed by atoms with Crippen LogP contribution in [0.4, 0.5) is 17.1 Å². The summed E-state index contributed by atoms with van der Waals surface area (Å²) in [6.45, 7) is 0. The second-order valence-corrected chi connectivity index (χ2v) is 16.8. The molecule has 13 aromatic rings. The molecule has 0 fully saturated rings. The summed E-state index contributed by atoms with van der Waals surface area (Å²) in [4.78, 5) is 2.33. The fraction of sp³-hybridized carbons (Fsp3) is 0. The third-order valence-electron chi connectivity index (χ3n) is 13.1. The minimum atomic E-state index is 0.843. The first kappa shape index (κ1) is 36.9. The van der Waals surface area contributed by atoms with E-state index >= 15 is 0 Å². The standard InChI is InChI=1S/C62H39NO2/c1-2-13-42(14-3-1)50-21-10-22-53-54-23-11-24-57(62(54)65-61(50)53)63(47-37-33-44(34-38-47)56-39-45-15-4-5-16-48(45)51-17-6-7-18-52(51)56)46-35-31-41(32-36-46)40-27-29-43(30-28-40)49-20-12-26-59-60(49)55-19-8-9-25-58(55)64-59/h1-39H. The number of nitrogens with zero attached hydrogens (tertiary/aromatic N) is 1. The van der Waals surface area contributed by atoms with Crippen molar-refractivity contribution < 1.29 is 8.83 Å². The molecule has 0 spiro atoms. The van der Waals surface area contributed by atoms with Gasteiger partial charge in [0.2, 0.25) is 0 Å². The van der Waals surface area contributed by atoms with Crippen molar-refractivity contribution in [2.75, 3.05) is 4.90 Å². The summed E-state index contributed by atoms with van der Waals surface area (Å²) in [5.41, 5.74) is 15.8. The summed E-state index contributed by atoms with van der Waals surface area (Å²) in [6, 6.07) is 84.5. The fourth-order valence-electron chi connectivity index (χ4n) is 10.00. The van der Waals surface area contributed by atoms with Crippen LogP contribution in [0.2, 0.25) is 0 Å². The average Bonchev–Trinajstić information content (AvgIpc) is 3.97. The monoisotopic (exact) mass is 829 g/mol. The minimum absolute atomic E-state index is 0.843. The van der Waals surface area contributed by atoms with Gasteiger partial charge in [-0.1, -0.05) is 188 Å². The Bertz CT molecular complexity index is 3920. The Morgan fingerprint density at radius 3 is 1.55 bits per heavy atom. The minimum Gasteiger partial charge on any atom is -0.456 e. The Kier molecular flexibility index (Phi) is 8.53. The van der Waals surface area contributed by atoms with Crippen LogP contribution in [0.5, 0.6) is 0 Å². The van der Waals surface area contributed by atoms with Gasteiger partial charge >= 0.3 is 0 Å². The Morgan fingerprint density at radius 2 is 0.785 bits per heavy atom. The molecule has 304 valence electrons. The predicted molar refractivity (Wildman–Crippen MR) is 272 cm³/mol. The van der Waals surface area contributed by atoms with Crippen LogP contribution in [-0.2, 0) is 0 Å². The van der Waals surface area contributed by atoms with Crippen molar-refractivity contribution in [3.63, 3.8) is 0 Å². The molecule has 13 rings (SSSR count). The van der Waals surface area contributed by atoms with E-state index in [0.29, 0.717) is 0 Å². The molecule has 0 aliphatic heterocycles. The molecule has 0 N–H and O–H groups in total. The fourth-order valence-corrected chi connectivity index (χ4v) is 10.00. The van der Waals surface area contributed by atoms with Crippen LogP contribution >= 0.6 is 0 Å². The van der Waals surface area contributed by atoms with Gasteiger partial charge in [-0.25, -0.2) is 0 Å². The second kappa shape index (κ2) is 15.0. The summed E-state index contributed by atoms with van der Waals surface area (Å²) >= 11 is 0. The summed E-state index contributed by atoms with van der Waals surface area (Å²) in [5.74, 6) is 0. The topological polar surface area (TPSA) is 29.5 Å². The third-order valence-corrected chi connectivity index (χ3v) is 13.1. The van der Waals surface area contributed by atoms with Gasteiger partial charge in [-0.05, 0) is 109 Å². The summed E-state index contributed by atoms with van der Waals surface area (Å²) < 4.78 is 13.2. The highest BCUT2D eigenvalue weighted by atomic mass is 16.3. The summed E-state index contributed by atoms with van der Waals surface area (Å²) in [6.07, 6.45) is 0. The third kappa shape index (κ3) is 6.12. The van der Waals surface area contributed by atoms with Crippen LogP contribution in [0.1, 0.15) is 0 Å². The molecule has 0 radical (unpaired) electrons. The van der Waals surface area contributed by atoms with E-state index in [4.69, 9.17) is 8.83 Å². The van der Waals surface area contributed by atoms with Crippen LogP contribution in [0.25, 0.3) is 110 Å². The molecular weight excluding hydrogens is 791 g/mol. The molecule has 0 aliphatic carbocycles. The van der Waals surface area contributed by atoms with E-state index in [9.17, 15) is 0 Å². The second-order valence-electron chi connectivity index (χ2n) is 16.8. The van der Waals surface area contributed by atoms with Crippen molar-refractivity contribution in [1.29, 1.82) is 0 Å². The Morgan fingerprint density at radius 1 is 0.277 bits per heavy atom. The first-order valence-corrected chi connectivity index (χ1v) is 22.2. The normalized spacial score (nSPS) is 11.7. The molecule has 0 saturated heterocycles. The van der Waals surface area contributed by atoms with Crippen LogP contribution in [0, 0.1) is 0 Å². The Labute approximate surface area is 375 Å². The lowest BCUT2D eigenvalue weighted by atomic mass is 9.93. The Hall–Kier alpha value is -8.66. The molecule has 0 bridgehead atoms. The molecule has 0 aliphatic rings. The Balaban J connectivity index is 0.923. The van der Waals surface area contributed by atoms with Crippen molar-refractivity contribution in [2.24, 2.45) is 0 Å². The molecular formula is C62H39NO2. The van der Waals surface area contributed by atoms with Gasteiger partial charge in [-0.15, -0.1) is 0 Å². The number of hydrogen-bond donors (Lipinski definition) is 0. The quantitative estimate of drug-likeness (QED) is 0.150. The highest BCUT2D eigenvalue weighted by molar-refractivity contribution is 6.16. The maximum absolute atomic E-state index is 7.01. The zero-order valence-electron chi connectivity index (χ0n) is 35.3. The van der Waals surface area contributed by atoms with Crippen LogP contribution in [0.3, 0.4) is 0 Å². The lowest BCUT2D eigenvalue weighted by molar-refractivity contribution is 0.669. The smallest absolute Gasteiger partial charge is 0.159 e. The number of benzene rings is 11. The molecule has 11 aromatic carbocycles. The maximum atomic E-state index is 7.01. The number of fused-ring (bicyclic) bond motifs is 9. The zero-order valence-corrected chi connectivity index (χ0v) is 35.3. The summed E-state index contributed by atoms with van der Waals surface area (Å²) in [5, 5.41) is 9.46. The van der Waals surface area contributed by atoms with Crippen molar-refractivity contribution in [3.8, 4) is 44.5 Å². The zero-order chi connectivity index (χ0) is 42.8. The first-order valence-electron chi connectivity index (χ1n) is 22.2. The number of furan rings is 2. The molecule has 0 amide bonds. The molecule has 2 aromatic heterocycles. The van der Waals surface area contributed by atoms with E-state index in [-0.39, 0.29) is 0 Å². The largest absolute Gasteiger partial charge is 0.456 e. The lowest BCUT2D eigenvalue weighted by Gasteiger charge is -2.26. The molecule has 3 nitrogen and oxygen atoms in total. The number of anilines is 3. The van der Waals surface area contributed by atoms with E-state index in [0.717, 1.165) is 88.8 Å². The van der Waals surface area contributed by atoms with Gasteiger partial charge in [0.1, 0.15) is 16.7 Å². The van der Waals surface area contributed by atoms with Gasteiger partial charge in [0.05, 0.1) is 5.69 Å². The van der Waals surface area contributed by atoms with Crippen LogP contribution in [-0.4, -0.2) is 0 Å². The average molecular weight is 830 g/mol. The number of para-hydroxylation sites is 3. The first-order chi connectivity index (χ1) is 32.2. The van der Waals surface area contributed by atoms with E-state index < -0.39 is 0 Å². The van der Waals surface area contributed by atoms with Crippen LogP contribution in [0.15, 0.2) is 245 Å². The highest BCUT2D eigenvalue weighted by Crippen LogP contribution is 2.45. The van der Waals surface area contributed by atoms with Gasteiger partial charge in [0.25, 0.3) is 0 Å². The van der Waals surface area contributed by atoms with Gasteiger partial charge < -0.3 is 13.7 Å². The predicted octanol–water partition coefficient (Wildman–Crippen LogP) is 17.9. The molecule has 0 unspecified atom stereocenters. The van der Waals surface area contributed by atoms with Crippen molar-refractivity contribution in [3.05, 3.63) is 237 Å². The van der Waals surface area contributed by atoms with Gasteiger partial charge in [-0.2, -0.15) is 0 Å². The van der Waals surface area contributed by atoms with Crippen molar-refractivity contribution >= 4 is 82.5 Å². The molecule has 65 heavy (non-hydrogen) atoms. The SMILES string of the molecule is c1ccc(-c2cccc3c2oc2c(N(c4ccc(-c5ccc(-c6cccc7oc8ccccc8c67)cc5)cc4)c4ccc(-c5cc6ccccc6c6ccccc56)cc4)cccc23)cc1. The van der Waals surface area contributed by atoms with E-state index in [1.165, 1.54) is 38.2 Å². The summed E-state index contributed by atoms with van der Waals surface area (Å²) in [7, 11) is 0. The maximum Gasteiger partial charge on any atom is 0.159 e. The molecule has 0 saturated carbocycles. The highest BCUT2D eigenvalue weighted by Gasteiger charge is 2.22. The molecule has 3 heteroatoms. The van der Waals surface area contributed by atoms with Crippen molar-refractivity contribution in [2.45, 2.75) is 0 Å². The van der Waals surface area contributed by atoms with E-state index in [1.807, 2.05) is 12.1 Å². The van der Waals surface area contributed by atoms with Gasteiger partial charge in [-0.3, -0.25) is 0 Å². The number of hydrogen-bond acceptors (Lipinski definition) is 3. The van der Waals surface area contributed by atoms with Crippen molar-refractivity contribution in [1.82, 2.24) is 0 Å². The lowest BCUT2D eigenvalue weighted by Crippen LogP contribution is -2.10. The van der Waals surface area contributed by atoms with E-state index in [1.54, 1.807) is 0 Å². The number of rotatable bonds is 7. The molecule has 2 heterocycles. The van der Waals surface area contributed by atoms with Crippen LogP contribution < -0.4 is 4.90 Å². The van der Waals surface area contributed by atoms with Gasteiger partial charge in [0, 0.05) is 38.5 Å². The van der Waals surface area contributed by atoms with E-state index in [2.05, 4.69) is 229 Å². The van der Waals surface area contributed by atoms with Gasteiger partial charge in [0.15, 0.2) is 5.58 Å².